The van der Waals surface area contributed by atoms with Crippen LogP contribution in [-0.4, -0.2) is 23.2 Å². The monoisotopic (exact) mass is 216 g/mol. The molecule has 1 aromatic heterocycles. The van der Waals surface area contributed by atoms with Gasteiger partial charge in [-0.15, -0.1) is 11.3 Å². The van der Waals surface area contributed by atoms with Gasteiger partial charge in [0.1, 0.15) is 4.34 Å². The standard InChI is InChI=1S/C7H12N4S2/c8-6(9)10-2-1-4-12-7-11-3-5-13-7/h3,5H,1-2,4H2,(H4,8,9,10). The van der Waals surface area contributed by atoms with Crippen molar-refractivity contribution < 1.29 is 0 Å². The molecule has 6 heteroatoms. The Bertz CT molecular complexity index is 253. The molecule has 0 saturated carbocycles. The van der Waals surface area contributed by atoms with Crippen molar-refractivity contribution in [2.24, 2.45) is 16.5 Å². The second-order valence-corrected chi connectivity index (χ2v) is 4.54. The van der Waals surface area contributed by atoms with Crippen molar-refractivity contribution >= 4 is 29.1 Å². The number of thioether (sulfide) groups is 1. The molecule has 0 aliphatic heterocycles. The third-order valence-corrected chi connectivity index (χ3v) is 3.28. The fourth-order valence-corrected chi connectivity index (χ4v) is 2.35. The summed E-state index contributed by atoms with van der Waals surface area (Å²) in [4.78, 5) is 8.03. The van der Waals surface area contributed by atoms with Crippen LogP contribution >= 0.6 is 23.1 Å². The summed E-state index contributed by atoms with van der Waals surface area (Å²) >= 11 is 3.39. The summed E-state index contributed by atoms with van der Waals surface area (Å²) < 4.78 is 1.10. The average Bonchev–Trinajstić information content (AvgIpc) is 2.55. The molecular weight excluding hydrogens is 204 g/mol. The molecule has 4 nitrogen and oxygen atoms in total. The van der Waals surface area contributed by atoms with Crippen LogP contribution in [0.15, 0.2) is 20.9 Å². The van der Waals surface area contributed by atoms with E-state index in [2.05, 4.69) is 9.98 Å². The van der Waals surface area contributed by atoms with Crippen LogP contribution in [-0.2, 0) is 0 Å². The second-order valence-electron chi connectivity index (χ2n) is 2.31. The minimum atomic E-state index is 0.166. The van der Waals surface area contributed by atoms with Crippen LogP contribution in [0.5, 0.6) is 0 Å². The number of hydrogen-bond donors (Lipinski definition) is 2. The molecule has 0 saturated heterocycles. The van der Waals surface area contributed by atoms with Gasteiger partial charge in [-0.3, -0.25) is 4.99 Å². The van der Waals surface area contributed by atoms with Gasteiger partial charge in [-0.2, -0.15) is 0 Å². The number of hydrogen-bond acceptors (Lipinski definition) is 4. The van der Waals surface area contributed by atoms with Crippen LogP contribution in [0.25, 0.3) is 0 Å². The summed E-state index contributed by atoms with van der Waals surface area (Å²) in [6, 6.07) is 0. The van der Waals surface area contributed by atoms with E-state index >= 15 is 0 Å². The molecule has 0 fully saturated rings. The Balaban J connectivity index is 2.05. The number of nitrogens with zero attached hydrogens (tertiary/aromatic N) is 2. The Morgan fingerprint density at radius 2 is 2.46 bits per heavy atom. The zero-order chi connectivity index (χ0) is 9.52. The molecule has 0 unspecified atom stereocenters. The van der Waals surface area contributed by atoms with Gasteiger partial charge >= 0.3 is 0 Å². The molecular formula is C7H12N4S2. The number of aliphatic imine (C=N–C) groups is 1. The predicted octanol–water partition coefficient (Wildman–Crippen LogP) is 0.899. The van der Waals surface area contributed by atoms with Crippen LogP contribution in [0.1, 0.15) is 6.42 Å². The molecule has 1 rings (SSSR count). The first-order chi connectivity index (χ1) is 6.29. The predicted molar refractivity (Wildman–Crippen MR) is 58.1 cm³/mol. The highest BCUT2D eigenvalue weighted by Gasteiger charge is 1.94. The van der Waals surface area contributed by atoms with Gasteiger partial charge in [0, 0.05) is 23.9 Å². The van der Waals surface area contributed by atoms with Crippen LogP contribution in [0.4, 0.5) is 0 Å². The third kappa shape index (κ3) is 4.74. The number of guanidine groups is 1. The molecule has 0 atom stereocenters. The molecule has 0 spiro atoms. The molecule has 0 aliphatic rings. The fraction of sp³-hybridized carbons (Fsp3) is 0.429. The molecule has 0 amide bonds. The first kappa shape index (κ1) is 10.3. The lowest BCUT2D eigenvalue weighted by Gasteiger charge is -1.95. The second kappa shape index (κ2) is 5.82. The minimum Gasteiger partial charge on any atom is -0.370 e. The molecule has 0 aliphatic carbocycles. The van der Waals surface area contributed by atoms with E-state index in [4.69, 9.17) is 11.5 Å². The SMILES string of the molecule is NC(N)=NCCCSc1nccs1. The van der Waals surface area contributed by atoms with Gasteiger partial charge in [-0.25, -0.2) is 4.98 Å². The van der Waals surface area contributed by atoms with Gasteiger partial charge in [0.15, 0.2) is 5.96 Å². The number of thiazole rings is 1. The van der Waals surface area contributed by atoms with Crippen LogP contribution in [0.3, 0.4) is 0 Å². The van der Waals surface area contributed by atoms with Crippen molar-refractivity contribution in [2.45, 2.75) is 10.8 Å². The number of nitrogens with two attached hydrogens (primary N) is 2. The van der Waals surface area contributed by atoms with Gasteiger partial charge in [0.2, 0.25) is 0 Å². The van der Waals surface area contributed by atoms with E-state index in [-0.39, 0.29) is 5.96 Å². The maximum absolute atomic E-state index is 5.18. The van der Waals surface area contributed by atoms with Gasteiger partial charge in [-0.05, 0) is 6.42 Å². The summed E-state index contributed by atoms with van der Waals surface area (Å²) in [5, 5.41) is 1.97. The first-order valence-corrected chi connectivity index (χ1v) is 5.73. The maximum Gasteiger partial charge on any atom is 0.185 e. The van der Waals surface area contributed by atoms with E-state index < -0.39 is 0 Å². The van der Waals surface area contributed by atoms with Crippen molar-refractivity contribution in [3.05, 3.63) is 11.6 Å². The number of rotatable bonds is 5. The lowest BCUT2D eigenvalue weighted by atomic mass is 10.5. The molecule has 4 N–H and O–H groups in total. The fourth-order valence-electron chi connectivity index (χ4n) is 0.714. The Labute approximate surface area is 85.4 Å². The molecule has 13 heavy (non-hydrogen) atoms. The summed E-state index contributed by atoms with van der Waals surface area (Å²) in [6.07, 6.45) is 2.78. The van der Waals surface area contributed by atoms with Crippen LogP contribution in [0.2, 0.25) is 0 Å². The lowest BCUT2D eigenvalue weighted by molar-refractivity contribution is 0.937. The molecule has 1 heterocycles. The van der Waals surface area contributed by atoms with Crippen molar-refractivity contribution in [3.63, 3.8) is 0 Å². The quantitative estimate of drug-likeness (QED) is 0.332. The summed E-state index contributed by atoms with van der Waals surface area (Å²) in [5.74, 6) is 1.17. The lowest BCUT2D eigenvalue weighted by Crippen LogP contribution is -2.23. The van der Waals surface area contributed by atoms with Crippen LogP contribution < -0.4 is 11.5 Å². The Hall–Kier alpha value is -0.750. The zero-order valence-corrected chi connectivity index (χ0v) is 8.77. The Kier molecular flexibility index (Phi) is 4.63. The van der Waals surface area contributed by atoms with Crippen molar-refractivity contribution in [1.82, 2.24) is 4.98 Å². The molecule has 0 bridgehead atoms. The smallest absolute Gasteiger partial charge is 0.185 e. The molecule has 1 aromatic rings. The van der Waals surface area contributed by atoms with Crippen molar-refractivity contribution in [3.8, 4) is 0 Å². The average molecular weight is 216 g/mol. The largest absolute Gasteiger partial charge is 0.370 e. The highest BCUT2D eigenvalue weighted by molar-refractivity contribution is 8.00. The van der Waals surface area contributed by atoms with Crippen LogP contribution in [0, 0.1) is 0 Å². The summed E-state index contributed by atoms with van der Waals surface area (Å²) in [7, 11) is 0. The zero-order valence-electron chi connectivity index (χ0n) is 7.14. The Morgan fingerprint density at radius 1 is 1.62 bits per heavy atom. The van der Waals surface area contributed by atoms with E-state index in [9.17, 15) is 0 Å². The normalized spacial score (nSPS) is 9.85. The Morgan fingerprint density at radius 3 is 3.08 bits per heavy atom. The molecule has 0 radical (unpaired) electrons. The van der Waals surface area contributed by atoms with E-state index in [1.54, 1.807) is 23.1 Å². The maximum atomic E-state index is 5.18. The summed E-state index contributed by atoms with van der Waals surface area (Å²) in [6.45, 7) is 0.695. The third-order valence-electron chi connectivity index (χ3n) is 1.23. The highest BCUT2D eigenvalue weighted by atomic mass is 32.2. The van der Waals surface area contributed by atoms with E-state index in [0.717, 1.165) is 16.5 Å². The van der Waals surface area contributed by atoms with Crippen molar-refractivity contribution in [2.75, 3.05) is 12.3 Å². The van der Waals surface area contributed by atoms with Crippen molar-refractivity contribution in [1.29, 1.82) is 0 Å². The molecule has 0 aromatic carbocycles. The summed E-state index contributed by atoms with van der Waals surface area (Å²) in [5.41, 5.74) is 10.4. The van der Waals surface area contributed by atoms with E-state index in [1.165, 1.54) is 0 Å². The topological polar surface area (TPSA) is 77.3 Å². The first-order valence-electron chi connectivity index (χ1n) is 3.86. The van der Waals surface area contributed by atoms with E-state index in [1.807, 2.05) is 11.6 Å². The molecule has 72 valence electrons. The van der Waals surface area contributed by atoms with Gasteiger partial charge < -0.3 is 11.5 Å². The van der Waals surface area contributed by atoms with E-state index in [0.29, 0.717) is 6.54 Å². The number of aromatic nitrogens is 1. The highest BCUT2D eigenvalue weighted by Crippen LogP contribution is 2.20. The minimum absolute atomic E-state index is 0.166. The van der Waals surface area contributed by atoms with Gasteiger partial charge in [-0.1, -0.05) is 11.8 Å². The van der Waals surface area contributed by atoms with Gasteiger partial charge in [0.25, 0.3) is 0 Å². The van der Waals surface area contributed by atoms with Gasteiger partial charge in [0.05, 0.1) is 0 Å².